The first-order valence-electron chi connectivity index (χ1n) is 9.55. The SMILES string of the molecule is C=Cc1ccc2ncc(-c3ccc(N4CCNCC4)c(C(C)(C)C)c3)n2n1. The molecule has 4 rings (SSSR count). The van der Waals surface area contributed by atoms with Crippen LogP contribution in [0.15, 0.2) is 43.1 Å². The average molecular weight is 361 g/mol. The van der Waals surface area contributed by atoms with E-state index in [1.165, 1.54) is 11.3 Å². The fraction of sp³-hybridized carbons (Fsp3) is 0.364. The molecule has 5 heteroatoms. The Hall–Kier alpha value is -2.66. The standard InChI is InChI=1S/C22H27N5/c1-5-17-7-9-21-24-15-20(27(21)25-17)16-6-8-19(18(14-16)22(2,3)4)26-12-10-23-11-13-26/h5-9,14-15,23H,1,10-13H2,2-4H3. The van der Waals surface area contributed by atoms with E-state index in [0.717, 1.165) is 48.8 Å². The van der Waals surface area contributed by atoms with Gasteiger partial charge in [0.25, 0.3) is 0 Å². The van der Waals surface area contributed by atoms with Crippen LogP contribution in [0.2, 0.25) is 0 Å². The number of hydrogen-bond acceptors (Lipinski definition) is 4. The first-order chi connectivity index (χ1) is 13.0. The first kappa shape index (κ1) is 17.7. The molecular weight excluding hydrogens is 334 g/mol. The van der Waals surface area contributed by atoms with Crippen molar-refractivity contribution in [1.29, 1.82) is 0 Å². The summed E-state index contributed by atoms with van der Waals surface area (Å²) in [4.78, 5) is 7.01. The zero-order chi connectivity index (χ0) is 19.0. The molecule has 0 spiro atoms. The highest BCUT2D eigenvalue weighted by molar-refractivity contribution is 5.70. The molecule has 2 aromatic heterocycles. The molecule has 3 heterocycles. The molecule has 0 atom stereocenters. The fourth-order valence-corrected chi connectivity index (χ4v) is 3.67. The van der Waals surface area contributed by atoms with Crippen LogP contribution in [-0.4, -0.2) is 40.8 Å². The molecule has 0 bridgehead atoms. The lowest BCUT2D eigenvalue weighted by Gasteiger charge is -2.34. The van der Waals surface area contributed by atoms with Crippen LogP contribution in [0.25, 0.3) is 23.0 Å². The summed E-state index contributed by atoms with van der Waals surface area (Å²) in [6, 6.07) is 10.7. The van der Waals surface area contributed by atoms with Crippen LogP contribution in [0, 0.1) is 0 Å². The van der Waals surface area contributed by atoms with Crippen LogP contribution in [0.4, 0.5) is 5.69 Å². The van der Waals surface area contributed by atoms with E-state index in [1.54, 1.807) is 6.08 Å². The van der Waals surface area contributed by atoms with Crippen LogP contribution in [-0.2, 0) is 5.41 Å². The Morgan fingerprint density at radius 2 is 1.89 bits per heavy atom. The summed E-state index contributed by atoms with van der Waals surface area (Å²) in [5.74, 6) is 0. The second-order valence-corrected chi connectivity index (χ2v) is 8.09. The summed E-state index contributed by atoms with van der Waals surface area (Å²) < 4.78 is 1.91. The number of hydrogen-bond donors (Lipinski definition) is 1. The van der Waals surface area contributed by atoms with Crippen LogP contribution >= 0.6 is 0 Å². The van der Waals surface area contributed by atoms with Gasteiger partial charge in [-0.3, -0.25) is 0 Å². The van der Waals surface area contributed by atoms with Crippen molar-refractivity contribution in [2.75, 3.05) is 31.1 Å². The topological polar surface area (TPSA) is 45.5 Å². The van der Waals surface area contributed by atoms with E-state index in [4.69, 9.17) is 0 Å². The molecule has 1 aliphatic rings. The maximum Gasteiger partial charge on any atom is 0.154 e. The number of rotatable bonds is 3. The molecule has 0 aliphatic carbocycles. The third kappa shape index (κ3) is 3.35. The van der Waals surface area contributed by atoms with E-state index in [0.29, 0.717) is 0 Å². The summed E-state index contributed by atoms with van der Waals surface area (Å²) in [6.07, 6.45) is 3.67. The van der Waals surface area contributed by atoms with Gasteiger partial charge in [-0.1, -0.05) is 33.4 Å². The molecule has 0 amide bonds. The predicted molar refractivity (Wildman–Crippen MR) is 112 cm³/mol. The normalized spacial score (nSPS) is 15.3. The molecule has 1 fully saturated rings. The molecule has 0 unspecified atom stereocenters. The number of piperazine rings is 1. The Morgan fingerprint density at radius 1 is 1.11 bits per heavy atom. The van der Waals surface area contributed by atoms with Gasteiger partial charge in [0.1, 0.15) is 0 Å². The van der Waals surface area contributed by atoms with Gasteiger partial charge in [0.15, 0.2) is 5.65 Å². The smallest absolute Gasteiger partial charge is 0.154 e. The van der Waals surface area contributed by atoms with Crippen molar-refractivity contribution in [1.82, 2.24) is 19.9 Å². The lowest BCUT2D eigenvalue weighted by Crippen LogP contribution is -2.44. The van der Waals surface area contributed by atoms with Crippen molar-refractivity contribution in [3.8, 4) is 11.3 Å². The third-order valence-electron chi connectivity index (χ3n) is 5.15. The summed E-state index contributed by atoms with van der Waals surface area (Å²) in [5, 5.41) is 8.09. The number of nitrogens with one attached hydrogen (secondary N) is 1. The molecule has 3 aromatic rings. The van der Waals surface area contributed by atoms with Crippen LogP contribution in [0.1, 0.15) is 32.0 Å². The van der Waals surface area contributed by atoms with Gasteiger partial charge in [-0.15, -0.1) is 0 Å². The number of anilines is 1. The minimum absolute atomic E-state index is 0.0520. The van der Waals surface area contributed by atoms with Crippen molar-refractivity contribution in [2.45, 2.75) is 26.2 Å². The molecule has 1 saturated heterocycles. The molecule has 5 nitrogen and oxygen atoms in total. The van der Waals surface area contributed by atoms with E-state index in [9.17, 15) is 0 Å². The quantitative estimate of drug-likeness (QED) is 0.772. The van der Waals surface area contributed by atoms with E-state index in [1.807, 2.05) is 22.8 Å². The first-order valence-corrected chi connectivity index (χ1v) is 9.55. The second kappa shape index (κ2) is 6.82. The Morgan fingerprint density at radius 3 is 2.59 bits per heavy atom. The summed E-state index contributed by atoms with van der Waals surface area (Å²) in [7, 11) is 0. The van der Waals surface area contributed by atoms with Gasteiger partial charge in [-0.2, -0.15) is 5.10 Å². The number of fused-ring (bicyclic) bond motifs is 1. The number of aromatic nitrogens is 3. The minimum Gasteiger partial charge on any atom is -0.369 e. The van der Waals surface area contributed by atoms with Gasteiger partial charge in [-0.25, -0.2) is 9.50 Å². The molecule has 1 aliphatic heterocycles. The highest BCUT2D eigenvalue weighted by Gasteiger charge is 2.23. The fourth-order valence-electron chi connectivity index (χ4n) is 3.67. The largest absolute Gasteiger partial charge is 0.369 e. The summed E-state index contributed by atoms with van der Waals surface area (Å²) in [6.45, 7) is 14.8. The zero-order valence-corrected chi connectivity index (χ0v) is 16.4. The molecule has 0 radical (unpaired) electrons. The van der Waals surface area contributed by atoms with Crippen LogP contribution in [0.5, 0.6) is 0 Å². The van der Waals surface area contributed by atoms with E-state index in [-0.39, 0.29) is 5.41 Å². The molecule has 0 saturated carbocycles. The van der Waals surface area contributed by atoms with E-state index < -0.39 is 0 Å². The highest BCUT2D eigenvalue weighted by Crippen LogP contribution is 2.36. The van der Waals surface area contributed by atoms with Gasteiger partial charge in [0.2, 0.25) is 0 Å². The monoisotopic (exact) mass is 361 g/mol. The zero-order valence-electron chi connectivity index (χ0n) is 16.4. The Bertz CT molecular complexity index is 974. The molecule has 27 heavy (non-hydrogen) atoms. The Balaban J connectivity index is 1.84. The maximum atomic E-state index is 4.65. The molecule has 1 aromatic carbocycles. The number of nitrogens with zero attached hydrogens (tertiary/aromatic N) is 4. The van der Waals surface area contributed by atoms with Crippen molar-refractivity contribution < 1.29 is 0 Å². The Kier molecular flexibility index (Phi) is 4.48. The van der Waals surface area contributed by atoms with E-state index >= 15 is 0 Å². The van der Waals surface area contributed by atoms with Crippen molar-refractivity contribution in [2.24, 2.45) is 0 Å². The minimum atomic E-state index is 0.0520. The number of benzene rings is 1. The lowest BCUT2D eigenvalue weighted by molar-refractivity contribution is 0.563. The predicted octanol–water partition coefficient (Wildman–Crippen LogP) is 3.75. The third-order valence-corrected chi connectivity index (χ3v) is 5.15. The highest BCUT2D eigenvalue weighted by atomic mass is 15.3. The summed E-state index contributed by atoms with van der Waals surface area (Å²) >= 11 is 0. The molecule has 1 N–H and O–H groups in total. The van der Waals surface area contributed by atoms with Crippen molar-refractivity contribution >= 4 is 17.4 Å². The molecule has 140 valence electrons. The van der Waals surface area contributed by atoms with Gasteiger partial charge < -0.3 is 10.2 Å². The van der Waals surface area contributed by atoms with Gasteiger partial charge >= 0.3 is 0 Å². The van der Waals surface area contributed by atoms with Gasteiger partial charge in [-0.05, 0) is 41.3 Å². The van der Waals surface area contributed by atoms with Crippen LogP contribution < -0.4 is 10.2 Å². The van der Waals surface area contributed by atoms with Crippen LogP contribution in [0.3, 0.4) is 0 Å². The lowest BCUT2D eigenvalue weighted by atomic mass is 9.84. The maximum absolute atomic E-state index is 4.65. The number of imidazole rings is 1. The van der Waals surface area contributed by atoms with Gasteiger partial charge in [0.05, 0.1) is 17.6 Å². The van der Waals surface area contributed by atoms with Gasteiger partial charge in [0, 0.05) is 37.4 Å². The second-order valence-electron chi connectivity index (χ2n) is 8.09. The average Bonchev–Trinajstić information content (AvgIpc) is 3.10. The van der Waals surface area contributed by atoms with E-state index in [2.05, 4.69) is 65.8 Å². The Labute approximate surface area is 160 Å². The summed E-state index contributed by atoms with van der Waals surface area (Å²) in [5.41, 5.74) is 6.58. The van der Waals surface area contributed by atoms with Crippen molar-refractivity contribution in [3.05, 3.63) is 54.4 Å². The van der Waals surface area contributed by atoms with Crippen molar-refractivity contribution in [3.63, 3.8) is 0 Å². The molecular formula is C22H27N5.